The summed E-state index contributed by atoms with van der Waals surface area (Å²) in [6.45, 7) is 2.29. The molecular weight excluding hydrogens is 344 g/mol. The molecule has 0 radical (unpaired) electrons. The lowest BCUT2D eigenvalue weighted by Gasteiger charge is -2.44. The molecule has 1 fully saturated rings. The molecular formula is C18H24O8. The van der Waals surface area contributed by atoms with Crippen molar-refractivity contribution in [2.24, 2.45) is 0 Å². The van der Waals surface area contributed by atoms with Crippen LogP contribution in [0.25, 0.3) is 0 Å². The van der Waals surface area contributed by atoms with Gasteiger partial charge in [0, 0.05) is 21.0 Å². The second-order valence-corrected chi connectivity index (χ2v) is 5.87. The second-order valence-electron chi connectivity index (χ2n) is 5.87. The average Bonchev–Trinajstić information content (AvgIpc) is 2.61. The first kappa shape index (κ1) is 20.3. The number of carbonyl (C=O) groups is 2. The predicted molar refractivity (Wildman–Crippen MR) is 88.9 cm³/mol. The number of hydrogen-bond acceptors (Lipinski definition) is 8. The van der Waals surface area contributed by atoms with Gasteiger partial charge < -0.3 is 28.8 Å². The number of hydrogen-bond donors (Lipinski definition) is 1. The maximum absolute atomic E-state index is 11.6. The molecule has 0 aromatic heterocycles. The summed E-state index contributed by atoms with van der Waals surface area (Å²) in [5.41, 5.74) is 0.892. The number of carbonyl (C=O) groups excluding carboxylic acids is 2. The van der Waals surface area contributed by atoms with Crippen LogP contribution >= 0.6 is 0 Å². The lowest BCUT2D eigenvalue weighted by molar-refractivity contribution is -0.307. The van der Waals surface area contributed by atoms with Crippen molar-refractivity contribution in [3.05, 3.63) is 35.9 Å². The second kappa shape index (κ2) is 9.63. The highest BCUT2D eigenvalue weighted by Gasteiger charge is 2.50. The first-order valence-corrected chi connectivity index (χ1v) is 8.25. The largest absolute Gasteiger partial charge is 0.455 e. The zero-order valence-corrected chi connectivity index (χ0v) is 15.0. The van der Waals surface area contributed by atoms with E-state index in [-0.39, 0.29) is 13.2 Å². The molecule has 1 heterocycles. The van der Waals surface area contributed by atoms with Crippen LogP contribution in [-0.4, -0.2) is 61.5 Å². The molecule has 0 saturated carbocycles. The fraction of sp³-hybridized carbons (Fsp3) is 0.556. The number of rotatable bonds is 7. The Morgan fingerprint density at radius 3 is 2.19 bits per heavy atom. The van der Waals surface area contributed by atoms with Gasteiger partial charge >= 0.3 is 11.9 Å². The number of ether oxygens (including phenoxy) is 5. The third-order valence-corrected chi connectivity index (χ3v) is 3.89. The molecule has 1 aliphatic heterocycles. The highest BCUT2D eigenvalue weighted by molar-refractivity contribution is 5.67. The van der Waals surface area contributed by atoms with Crippen LogP contribution in [-0.2, 0) is 39.9 Å². The van der Waals surface area contributed by atoms with Crippen molar-refractivity contribution in [3.63, 3.8) is 0 Å². The van der Waals surface area contributed by atoms with Crippen LogP contribution in [0.3, 0.4) is 0 Å². The molecule has 26 heavy (non-hydrogen) atoms. The Hall–Kier alpha value is -2.00. The van der Waals surface area contributed by atoms with Gasteiger partial charge in [-0.15, -0.1) is 0 Å². The lowest BCUT2D eigenvalue weighted by atomic mass is 9.98. The van der Waals surface area contributed by atoms with Crippen molar-refractivity contribution in [1.82, 2.24) is 0 Å². The molecule has 8 heteroatoms. The van der Waals surface area contributed by atoms with Gasteiger partial charge in [-0.2, -0.15) is 0 Å². The standard InChI is InChI=1S/C18H24O8/c1-11(20)24-16-15(23-10-13-7-5-4-6-8-13)14(9-19)26-18(22-3)17(16)25-12(2)21/h4-8,14-19H,9-10H2,1-3H3/t14-,15-,16+,17-,18+/m1/s1. The summed E-state index contributed by atoms with van der Waals surface area (Å²) < 4.78 is 27.3. The molecule has 1 saturated heterocycles. The lowest BCUT2D eigenvalue weighted by Crippen LogP contribution is -2.62. The summed E-state index contributed by atoms with van der Waals surface area (Å²) in [6, 6.07) is 9.36. The van der Waals surface area contributed by atoms with Crippen molar-refractivity contribution in [3.8, 4) is 0 Å². The Labute approximate surface area is 151 Å². The summed E-state index contributed by atoms with van der Waals surface area (Å²) in [5, 5.41) is 9.68. The van der Waals surface area contributed by atoms with E-state index >= 15 is 0 Å². The first-order valence-electron chi connectivity index (χ1n) is 8.25. The van der Waals surface area contributed by atoms with Gasteiger partial charge in [-0.05, 0) is 5.56 Å². The molecule has 8 nitrogen and oxygen atoms in total. The normalized spacial score (nSPS) is 28.4. The summed E-state index contributed by atoms with van der Waals surface area (Å²) >= 11 is 0. The Morgan fingerprint density at radius 2 is 1.65 bits per heavy atom. The van der Waals surface area contributed by atoms with Crippen LogP contribution in [0.1, 0.15) is 19.4 Å². The minimum Gasteiger partial charge on any atom is -0.455 e. The summed E-state index contributed by atoms with van der Waals surface area (Å²) in [4.78, 5) is 23.1. The van der Waals surface area contributed by atoms with Gasteiger partial charge in [-0.25, -0.2) is 0 Å². The zero-order valence-electron chi connectivity index (χ0n) is 15.0. The van der Waals surface area contributed by atoms with Crippen LogP contribution in [0.2, 0.25) is 0 Å². The van der Waals surface area contributed by atoms with E-state index in [0.29, 0.717) is 0 Å². The van der Waals surface area contributed by atoms with E-state index in [1.165, 1.54) is 21.0 Å². The van der Waals surface area contributed by atoms with E-state index in [2.05, 4.69) is 0 Å². The fourth-order valence-electron chi connectivity index (χ4n) is 2.83. The minimum absolute atomic E-state index is 0.202. The monoisotopic (exact) mass is 368 g/mol. The molecule has 0 bridgehead atoms. The van der Waals surface area contributed by atoms with Crippen LogP contribution < -0.4 is 0 Å². The molecule has 0 spiro atoms. The summed E-state index contributed by atoms with van der Waals surface area (Å²) in [6.07, 6.45) is -4.68. The van der Waals surface area contributed by atoms with Crippen molar-refractivity contribution >= 4 is 11.9 Å². The molecule has 144 valence electrons. The topological polar surface area (TPSA) is 101 Å². The first-order chi connectivity index (χ1) is 12.5. The summed E-state index contributed by atoms with van der Waals surface area (Å²) in [5.74, 6) is -1.16. The van der Waals surface area contributed by atoms with E-state index < -0.39 is 42.6 Å². The quantitative estimate of drug-likeness (QED) is 0.706. The molecule has 1 N–H and O–H groups in total. The van der Waals surface area contributed by atoms with Crippen LogP contribution in [0, 0.1) is 0 Å². The number of methoxy groups -OCH3 is 1. The molecule has 0 amide bonds. The molecule has 0 aliphatic carbocycles. The maximum Gasteiger partial charge on any atom is 0.303 e. The van der Waals surface area contributed by atoms with Gasteiger partial charge in [0.05, 0.1) is 13.2 Å². The number of aliphatic hydroxyl groups is 1. The van der Waals surface area contributed by atoms with Crippen LogP contribution in [0.15, 0.2) is 30.3 Å². The van der Waals surface area contributed by atoms with Gasteiger partial charge in [0.1, 0.15) is 12.2 Å². The van der Waals surface area contributed by atoms with Crippen molar-refractivity contribution in [2.75, 3.05) is 13.7 Å². The average molecular weight is 368 g/mol. The van der Waals surface area contributed by atoms with E-state index in [1.54, 1.807) is 0 Å². The SMILES string of the molecule is CO[C@H]1O[C@H](CO)[C@@H](OCc2ccccc2)[C@H](OC(C)=O)[C@H]1OC(C)=O. The highest BCUT2D eigenvalue weighted by Crippen LogP contribution is 2.29. The maximum atomic E-state index is 11.6. The van der Waals surface area contributed by atoms with Crippen LogP contribution in [0.5, 0.6) is 0 Å². The highest BCUT2D eigenvalue weighted by atomic mass is 16.7. The zero-order chi connectivity index (χ0) is 19.1. The predicted octanol–water partition coefficient (Wildman–Crippen LogP) is 0.799. The van der Waals surface area contributed by atoms with E-state index in [1.807, 2.05) is 30.3 Å². The molecule has 1 aromatic rings. The molecule has 2 rings (SSSR count). The van der Waals surface area contributed by atoms with Crippen molar-refractivity contribution < 1.29 is 38.4 Å². The third-order valence-electron chi connectivity index (χ3n) is 3.89. The van der Waals surface area contributed by atoms with Gasteiger partial charge in [-0.1, -0.05) is 30.3 Å². The van der Waals surface area contributed by atoms with Gasteiger partial charge in [-0.3, -0.25) is 9.59 Å². The number of esters is 2. The van der Waals surface area contributed by atoms with Crippen LogP contribution in [0.4, 0.5) is 0 Å². The molecule has 1 aliphatic rings. The Morgan fingerprint density at radius 1 is 1.04 bits per heavy atom. The van der Waals surface area contributed by atoms with Gasteiger partial charge in [0.15, 0.2) is 18.5 Å². The van der Waals surface area contributed by atoms with Crippen molar-refractivity contribution in [1.29, 1.82) is 0 Å². The summed E-state index contributed by atoms with van der Waals surface area (Å²) in [7, 11) is 1.37. The van der Waals surface area contributed by atoms with E-state index in [0.717, 1.165) is 5.56 Å². The minimum atomic E-state index is -1.02. The Kier molecular flexibility index (Phi) is 7.52. The van der Waals surface area contributed by atoms with Gasteiger partial charge in [0.25, 0.3) is 0 Å². The van der Waals surface area contributed by atoms with Gasteiger partial charge in [0.2, 0.25) is 0 Å². The number of benzene rings is 1. The molecule has 5 atom stereocenters. The fourth-order valence-corrected chi connectivity index (χ4v) is 2.83. The molecule has 0 unspecified atom stereocenters. The van der Waals surface area contributed by atoms with E-state index in [4.69, 9.17) is 23.7 Å². The van der Waals surface area contributed by atoms with E-state index in [9.17, 15) is 14.7 Å². The Balaban J connectivity index is 2.25. The molecule has 1 aromatic carbocycles. The third kappa shape index (κ3) is 5.25. The Bertz CT molecular complexity index is 590. The number of aliphatic hydroxyl groups excluding tert-OH is 1. The van der Waals surface area contributed by atoms with Crippen molar-refractivity contribution in [2.45, 2.75) is 51.2 Å². The smallest absolute Gasteiger partial charge is 0.303 e.